The Labute approximate surface area is 86.3 Å². The van der Waals surface area contributed by atoms with Gasteiger partial charge in [-0.1, -0.05) is 30.3 Å². The highest BCUT2D eigenvalue weighted by Gasteiger charge is 2.04. The third kappa shape index (κ3) is 4.40. The van der Waals surface area contributed by atoms with Gasteiger partial charge in [-0.3, -0.25) is 0 Å². The third-order valence-corrected chi connectivity index (χ3v) is 2.33. The molecule has 0 aliphatic rings. The highest BCUT2D eigenvalue weighted by molar-refractivity contribution is 5.15. The molecule has 78 valence electrons. The molecule has 2 atom stereocenters. The largest absolute Gasteiger partial charge is 0.328 e. The first-order chi connectivity index (χ1) is 6.68. The maximum atomic E-state index is 6.00. The van der Waals surface area contributed by atoms with Crippen LogP contribution in [0.4, 0.5) is 0 Å². The summed E-state index contributed by atoms with van der Waals surface area (Å²) in [4.78, 5) is 0. The lowest BCUT2D eigenvalue weighted by Gasteiger charge is -2.12. The first-order valence-corrected chi connectivity index (χ1v) is 5.23. The average Bonchev–Trinajstić information content (AvgIpc) is 2.16. The molecule has 1 aromatic rings. The highest BCUT2D eigenvalue weighted by atomic mass is 14.6. The summed E-state index contributed by atoms with van der Waals surface area (Å²) in [7, 11) is 0. The van der Waals surface area contributed by atoms with E-state index in [1.165, 1.54) is 5.56 Å². The second-order valence-corrected chi connectivity index (χ2v) is 4.00. The molecular formula is C12H20N2. The van der Waals surface area contributed by atoms with E-state index < -0.39 is 0 Å². The van der Waals surface area contributed by atoms with Gasteiger partial charge >= 0.3 is 0 Å². The van der Waals surface area contributed by atoms with E-state index in [9.17, 15) is 0 Å². The lowest BCUT2D eigenvalue weighted by Crippen LogP contribution is -2.26. The van der Waals surface area contributed by atoms with Crippen molar-refractivity contribution in [3.8, 4) is 0 Å². The molecule has 0 aliphatic heterocycles. The van der Waals surface area contributed by atoms with E-state index in [0.29, 0.717) is 0 Å². The summed E-state index contributed by atoms with van der Waals surface area (Å²) in [6.07, 6.45) is 2.97. The van der Waals surface area contributed by atoms with E-state index >= 15 is 0 Å². The van der Waals surface area contributed by atoms with Crippen molar-refractivity contribution in [1.82, 2.24) is 0 Å². The van der Waals surface area contributed by atoms with Crippen LogP contribution in [0.2, 0.25) is 0 Å². The van der Waals surface area contributed by atoms with Gasteiger partial charge in [0.15, 0.2) is 0 Å². The van der Waals surface area contributed by atoms with Crippen LogP contribution in [0.1, 0.15) is 25.3 Å². The standard InChI is InChI=1S/C12H20N2/c1-10(13)7-8-12(14)9-11-5-3-2-4-6-11/h2-6,10,12H,7-9,13-14H2,1H3/t10-,12+/m0/s1. The number of rotatable bonds is 5. The van der Waals surface area contributed by atoms with E-state index in [2.05, 4.69) is 12.1 Å². The topological polar surface area (TPSA) is 52.0 Å². The molecule has 0 amide bonds. The lowest BCUT2D eigenvalue weighted by atomic mass is 10.0. The summed E-state index contributed by atoms with van der Waals surface area (Å²) >= 11 is 0. The summed E-state index contributed by atoms with van der Waals surface area (Å²) in [5, 5.41) is 0. The maximum Gasteiger partial charge on any atom is 0.00798 e. The van der Waals surface area contributed by atoms with Crippen molar-refractivity contribution in [3.63, 3.8) is 0 Å². The van der Waals surface area contributed by atoms with Crippen molar-refractivity contribution in [2.75, 3.05) is 0 Å². The van der Waals surface area contributed by atoms with Gasteiger partial charge < -0.3 is 11.5 Å². The molecule has 0 saturated heterocycles. The van der Waals surface area contributed by atoms with Crippen LogP contribution < -0.4 is 11.5 Å². The summed E-state index contributed by atoms with van der Waals surface area (Å²) in [6, 6.07) is 10.9. The molecule has 0 spiro atoms. The molecule has 0 heterocycles. The van der Waals surface area contributed by atoms with Crippen LogP contribution in [0.15, 0.2) is 30.3 Å². The predicted molar refractivity (Wildman–Crippen MR) is 61.0 cm³/mol. The molecule has 1 rings (SSSR count). The fourth-order valence-corrected chi connectivity index (χ4v) is 1.50. The van der Waals surface area contributed by atoms with E-state index in [0.717, 1.165) is 19.3 Å². The maximum absolute atomic E-state index is 6.00. The molecule has 2 nitrogen and oxygen atoms in total. The van der Waals surface area contributed by atoms with Gasteiger partial charge in [-0.15, -0.1) is 0 Å². The summed E-state index contributed by atoms with van der Waals surface area (Å²) in [5.41, 5.74) is 13.0. The molecule has 4 N–H and O–H groups in total. The molecule has 1 aromatic carbocycles. The van der Waals surface area contributed by atoms with Gasteiger partial charge in [-0.25, -0.2) is 0 Å². The van der Waals surface area contributed by atoms with Crippen molar-refractivity contribution in [1.29, 1.82) is 0 Å². The van der Waals surface area contributed by atoms with Crippen LogP contribution in [0.5, 0.6) is 0 Å². The number of nitrogens with two attached hydrogens (primary N) is 2. The van der Waals surface area contributed by atoms with Crippen LogP contribution in [-0.2, 0) is 6.42 Å². The normalized spacial score (nSPS) is 15.1. The monoisotopic (exact) mass is 192 g/mol. The van der Waals surface area contributed by atoms with Gasteiger partial charge in [0, 0.05) is 12.1 Å². The number of hydrogen-bond acceptors (Lipinski definition) is 2. The SMILES string of the molecule is C[C@H](N)CC[C@@H](N)Cc1ccccc1. The van der Waals surface area contributed by atoms with Crippen molar-refractivity contribution in [2.24, 2.45) is 11.5 Å². The molecule has 0 radical (unpaired) electrons. The molecule has 2 heteroatoms. The minimum absolute atomic E-state index is 0.239. The Morgan fingerprint density at radius 2 is 1.71 bits per heavy atom. The van der Waals surface area contributed by atoms with Crippen molar-refractivity contribution in [3.05, 3.63) is 35.9 Å². The van der Waals surface area contributed by atoms with Crippen LogP contribution in [0, 0.1) is 0 Å². The lowest BCUT2D eigenvalue weighted by molar-refractivity contribution is 0.536. The molecule has 0 saturated carbocycles. The van der Waals surface area contributed by atoms with E-state index in [1.807, 2.05) is 25.1 Å². The Hall–Kier alpha value is -0.860. The van der Waals surface area contributed by atoms with Crippen molar-refractivity contribution < 1.29 is 0 Å². The first kappa shape index (κ1) is 11.2. The quantitative estimate of drug-likeness (QED) is 0.746. The zero-order chi connectivity index (χ0) is 10.4. The van der Waals surface area contributed by atoms with Crippen LogP contribution in [-0.4, -0.2) is 12.1 Å². The van der Waals surface area contributed by atoms with E-state index in [4.69, 9.17) is 11.5 Å². The molecule has 0 fully saturated rings. The molecule has 14 heavy (non-hydrogen) atoms. The van der Waals surface area contributed by atoms with Crippen molar-refractivity contribution in [2.45, 2.75) is 38.3 Å². The molecule has 0 bridgehead atoms. The van der Waals surface area contributed by atoms with Gasteiger partial charge in [-0.2, -0.15) is 0 Å². The Morgan fingerprint density at radius 1 is 1.07 bits per heavy atom. The average molecular weight is 192 g/mol. The zero-order valence-corrected chi connectivity index (χ0v) is 8.82. The fourth-order valence-electron chi connectivity index (χ4n) is 1.50. The van der Waals surface area contributed by atoms with Gasteiger partial charge in [0.1, 0.15) is 0 Å². The third-order valence-electron chi connectivity index (χ3n) is 2.33. The molecule has 0 aromatic heterocycles. The molecule has 0 unspecified atom stereocenters. The second-order valence-electron chi connectivity index (χ2n) is 4.00. The summed E-state index contributed by atoms with van der Waals surface area (Å²) < 4.78 is 0. The molecule has 0 aliphatic carbocycles. The predicted octanol–water partition coefficient (Wildman–Crippen LogP) is 1.68. The van der Waals surface area contributed by atoms with Gasteiger partial charge in [-0.05, 0) is 31.7 Å². The Morgan fingerprint density at radius 3 is 2.29 bits per heavy atom. The van der Waals surface area contributed by atoms with Gasteiger partial charge in [0.2, 0.25) is 0 Å². The van der Waals surface area contributed by atoms with E-state index in [1.54, 1.807) is 0 Å². The summed E-state index contributed by atoms with van der Waals surface area (Å²) in [5.74, 6) is 0. The fraction of sp³-hybridized carbons (Fsp3) is 0.500. The van der Waals surface area contributed by atoms with Gasteiger partial charge in [0.25, 0.3) is 0 Å². The number of hydrogen-bond donors (Lipinski definition) is 2. The van der Waals surface area contributed by atoms with E-state index in [-0.39, 0.29) is 12.1 Å². The number of benzene rings is 1. The molecular weight excluding hydrogens is 172 g/mol. The van der Waals surface area contributed by atoms with Crippen LogP contribution in [0.25, 0.3) is 0 Å². The first-order valence-electron chi connectivity index (χ1n) is 5.23. The van der Waals surface area contributed by atoms with Crippen LogP contribution in [0.3, 0.4) is 0 Å². The minimum Gasteiger partial charge on any atom is -0.328 e. The Kier molecular flexibility index (Phi) is 4.63. The zero-order valence-electron chi connectivity index (χ0n) is 8.82. The minimum atomic E-state index is 0.239. The smallest absolute Gasteiger partial charge is 0.00798 e. The van der Waals surface area contributed by atoms with Gasteiger partial charge in [0.05, 0.1) is 0 Å². The second kappa shape index (κ2) is 5.78. The Balaban J connectivity index is 2.30. The Bertz CT molecular complexity index is 244. The highest BCUT2D eigenvalue weighted by Crippen LogP contribution is 2.06. The summed E-state index contributed by atoms with van der Waals surface area (Å²) in [6.45, 7) is 2.02. The van der Waals surface area contributed by atoms with Crippen LogP contribution >= 0.6 is 0 Å². The van der Waals surface area contributed by atoms with Crippen molar-refractivity contribution >= 4 is 0 Å².